The molecule has 0 aliphatic carbocycles. The molecule has 1 aliphatic heterocycles. The van der Waals surface area contributed by atoms with E-state index >= 15 is 0 Å². The van der Waals surface area contributed by atoms with Gasteiger partial charge in [0.1, 0.15) is 0 Å². The Labute approximate surface area is 234 Å². The van der Waals surface area contributed by atoms with Gasteiger partial charge in [-0.15, -0.1) is 0 Å². The first-order chi connectivity index (χ1) is 19.3. The maximum atomic E-state index is 6.45. The van der Waals surface area contributed by atoms with E-state index in [1.165, 1.54) is 54.1 Å². The minimum Gasteiger partial charge on any atom is -0.399 e. The highest BCUT2D eigenvalue weighted by molar-refractivity contribution is 6.62. The molecule has 1 saturated heterocycles. The molecule has 0 bridgehead atoms. The number of hydrogen-bond acceptors (Lipinski definition) is 2. The third-order valence-electron chi connectivity index (χ3n) is 9.19. The summed E-state index contributed by atoms with van der Waals surface area (Å²) in [6.45, 7) is 8.42. The molecule has 0 N–H and O–H groups in total. The van der Waals surface area contributed by atoms with Gasteiger partial charge >= 0.3 is 7.12 Å². The molecule has 0 amide bonds. The molecule has 0 spiro atoms. The predicted octanol–water partition coefficient (Wildman–Crippen LogP) is 8.54. The number of nitrogens with zero attached hydrogens (tertiary/aromatic N) is 1. The third-order valence-corrected chi connectivity index (χ3v) is 9.19. The van der Waals surface area contributed by atoms with E-state index in [1.807, 2.05) is 0 Å². The largest absolute Gasteiger partial charge is 0.494 e. The highest BCUT2D eigenvalue weighted by Gasteiger charge is 2.51. The van der Waals surface area contributed by atoms with Crippen molar-refractivity contribution in [3.05, 3.63) is 109 Å². The van der Waals surface area contributed by atoms with Crippen LogP contribution in [0.3, 0.4) is 0 Å². The number of fused-ring (bicyclic) bond motifs is 9. The standard InChI is InChI=1S/C36H30BNO2/c1-35(2)36(3,4)40-37(39-35)23-18-19-33-31(20-23)32-21-29-27-16-10-8-14-25(27)26-15-9-11-17-28(26)30(29)22-34(32)38(33)24-12-6-5-7-13-24/h5-22H,1-4H3. The van der Waals surface area contributed by atoms with Gasteiger partial charge in [-0.1, -0.05) is 78.9 Å². The van der Waals surface area contributed by atoms with Gasteiger partial charge in [-0.05, 0) is 95.8 Å². The molecular formula is C36H30BNO2. The van der Waals surface area contributed by atoms with Crippen LogP contribution >= 0.6 is 0 Å². The fourth-order valence-corrected chi connectivity index (χ4v) is 6.42. The van der Waals surface area contributed by atoms with Gasteiger partial charge in [-0.2, -0.15) is 0 Å². The second kappa shape index (κ2) is 8.20. The van der Waals surface area contributed by atoms with E-state index in [1.54, 1.807) is 0 Å². The monoisotopic (exact) mass is 519 g/mol. The van der Waals surface area contributed by atoms with Crippen LogP contribution in [-0.4, -0.2) is 22.9 Å². The van der Waals surface area contributed by atoms with Crippen molar-refractivity contribution in [2.24, 2.45) is 0 Å². The van der Waals surface area contributed by atoms with E-state index in [2.05, 4.69) is 141 Å². The Morgan fingerprint density at radius 2 is 0.975 bits per heavy atom. The van der Waals surface area contributed by atoms with E-state index < -0.39 is 7.12 Å². The first-order valence-corrected chi connectivity index (χ1v) is 14.0. The number of benzene rings is 6. The van der Waals surface area contributed by atoms with Crippen LogP contribution in [-0.2, 0) is 9.31 Å². The van der Waals surface area contributed by atoms with Crippen LogP contribution in [0.2, 0.25) is 0 Å². The van der Waals surface area contributed by atoms with E-state index in [4.69, 9.17) is 9.31 Å². The van der Waals surface area contributed by atoms with Crippen molar-refractivity contribution in [2.75, 3.05) is 0 Å². The third kappa shape index (κ3) is 3.27. The Morgan fingerprint density at radius 3 is 1.57 bits per heavy atom. The molecule has 194 valence electrons. The summed E-state index contributed by atoms with van der Waals surface area (Å²) in [6, 6.07) is 39.6. The molecule has 1 aromatic heterocycles. The molecule has 7 aromatic rings. The van der Waals surface area contributed by atoms with Crippen molar-refractivity contribution in [3.8, 4) is 5.69 Å². The summed E-state index contributed by atoms with van der Waals surface area (Å²) >= 11 is 0. The van der Waals surface area contributed by atoms with Gasteiger partial charge < -0.3 is 13.9 Å². The molecule has 3 nitrogen and oxygen atoms in total. The van der Waals surface area contributed by atoms with Gasteiger partial charge in [-0.3, -0.25) is 0 Å². The Balaban J connectivity index is 1.49. The molecule has 6 aromatic carbocycles. The lowest BCUT2D eigenvalue weighted by Gasteiger charge is -2.32. The van der Waals surface area contributed by atoms with Crippen molar-refractivity contribution in [2.45, 2.75) is 38.9 Å². The van der Waals surface area contributed by atoms with Crippen LogP contribution < -0.4 is 5.46 Å². The molecule has 1 aliphatic rings. The zero-order chi connectivity index (χ0) is 27.2. The van der Waals surface area contributed by atoms with Gasteiger partial charge in [0.2, 0.25) is 0 Å². The minimum absolute atomic E-state index is 0.388. The Bertz CT molecular complexity index is 2110. The molecule has 1 fully saturated rings. The van der Waals surface area contributed by atoms with Gasteiger partial charge in [0.25, 0.3) is 0 Å². The van der Waals surface area contributed by atoms with Crippen molar-refractivity contribution < 1.29 is 9.31 Å². The average Bonchev–Trinajstić information content (AvgIpc) is 3.40. The lowest BCUT2D eigenvalue weighted by atomic mass is 9.78. The fourth-order valence-electron chi connectivity index (χ4n) is 6.42. The first-order valence-electron chi connectivity index (χ1n) is 14.0. The van der Waals surface area contributed by atoms with Crippen molar-refractivity contribution in [1.29, 1.82) is 0 Å². The van der Waals surface area contributed by atoms with Crippen LogP contribution in [0.4, 0.5) is 0 Å². The first kappa shape index (κ1) is 23.7. The summed E-state index contributed by atoms with van der Waals surface area (Å²) in [7, 11) is -0.408. The smallest absolute Gasteiger partial charge is 0.399 e. The molecule has 8 rings (SSSR count). The van der Waals surface area contributed by atoms with Crippen LogP contribution in [0.25, 0.3) is 59.8 Å². The molecule has 0 radical (unpaired) electrons. The number of hydrogen-bond donors (Lipinski definition) is 0. The van der Waals surface area contributed by atoms with Crippen molar-refractivity contribution in [3.63, 3.8) is 0 Å². The lowest BCUT2D eigenvalue weighted by molar-refractivity contribution is 0.00578. The Kier molecular flexibility index (Phi) is 4.87. The summed E-state index contributed by atoms with van der Waals surface area (Å²) in [5, 5.41) is 10.1. The highest BCUT2D eigenvalue weighted by atomic mass is 16.7. The van der Waals surface area contributed by atoms with Crippen molar-refractivity contribution in [1.82, 2.24) is 4.57 Å². The van der Waals surface area contributed by atoms with Crippen molar-refractivity contribution >= 4 is 66.7 Å². The van der Waals surface area contributed by atoms with E-state index in [9.17, 15) is 0 Å². The Morgan fingerprint density at radius 1 is 0.475 bits per heavy atom. The number of rotatable bonds is 2. The highest BCUT2D eigenvalue weighted by Crippen LogP contribution is 2.41. The van der Waals surface area contributed by atoms with Crippen LogP contribution in [0.15, 0.2) is 109 Å². The van der Waals surface area contributed by atoms with Crippen LogP contribution in [0.5, 0.6) is 0 Å². The predicted molar refractivity (Wildman–Crippen MR) is 169 cm³/mol. The van der Waals surface area contributed by atoms with Crippen LogP contribution in [0, 0.1) is 0 Å². The molecule has 0 unspecified atom stereocenters. The van der Waals surface area contributed by atoms with E-state index in [0.29, 0.717) is 0 Å². The summed E-state index contributed by atoms with van der Waals surface area (Å²) in [6.07, 6.45) is 0. The van der Waals surface area contributed by atoms with Crippen LogP contribution in [0.1, 0.15) is 27.7 Å². The molecule has 0 atom stereocenters. The summed E-state index contributed by atoms with van der Waals surface area (Å²) < 4.78 is 15.3. The van der Waals surface area contributed by atoms with Gasteiger partial charge in [-0.25, -0.2) is 0 Å². The normalized spacial score (nSPS) is 16.6. The minimum atomic E-state index is -0.408. The number of para-hydroxylation sites is 1. The maximum Gasteiger partial charge on any atom is 0.494 e. The van der Waals surface area contributed by atoms with Gasteiger partial charge in [0.15, 0.2) is 0 Å². The zero-order valence-corrected chi connectivity index (χ0v) is 23.2. The topological polar surface area (TPSA) is 23.4 Å². The molecule has 2 heterocycles. The molecule has 40 heavy (non-hydrogen) atoms. The molecule has 4 heteroatoms. The lowest BCUT2D eigenvalue weighted by Crippen LogP contribution is -2.41. The fraction of sp³-hybridized carbons (Fsp3) is 0.167. The molecule has 0 saturated carbocycles. The maximum absolute atomic E-state index is 6.45. The quantitative estimate of drug-likeness (QED) is 0.169. The number of aromatic nitrogens is 1. The Hall–Kier alpha value is -4.12. The second-order valence-corrected chi connectivity index (χ2v) is 12.0. The summed E-state index contributed by atoms with van der Waals surface area (Å²) in [4.78, 5) is 0. The van der Waals surface area contributed by atoms with Gasteiger partial charge in [0, 0.05) is 16.5 Å². The zero-order valence-electron chi connectivity index (χ0n) is 23.2. The van der Waals surface area contributed by atoms with E-state index in [0.717, 1.165) is 11.2 Å². The average molecular weight is 519 g/mol. The second-order valence-electron chi connectivity index (χ2n) is 12.0. The summed E-state index contributed by atoms with van der Waals surface area (Å²) in [5.74, 6) is 0. The van der Waals surface area contributed by atoms with Gasteiger partial charge in [0.05, 0.1) is 22.2 Å². The van der Waals surface area contributed by atoms with E-state index in [-0.39, 0.29) is 11.2 Å². The summed E-state index contributed by atoms with van der Waals surface area (Å²) in [5.41, 5.74) is 3.78. The SMILES string of the molecule is CC1(C)OB(c2ccc3c(c2)c2cc4c5ccccc5c5ccccc5c4cc2n3-c2ccccc2)OC1(C)C. The molecular weight excluding hydrogens is 489 g/mol.